The van der Waals surface area contributed by atoms with Crippen LogP contribution >= 0.6 is 0 Å². The van der Waals surface area contributed by atoms with E-state index in [-0.39, 0.29) is 5.41 Å². The first kappa shape index (κ1) is 33.5. The van der Waals surface area contributed by atoms with Crippen LogP contribution in [0.4, 0.5) is 17.1 Å². The SMILES string of the molecule is CC1(C)c2ccc(N(c3ccc4c(c3)C3(c5ccccc5-c5ccccc53)c3ccccc3-4)c3cccc4oc5ccccc5c34)cc2-c2c(-c3ccccc3)cccc21. The molecular weight excluding hydrogens is 727 g/mol. The molecule has 282 valence electrons. The molecule has 0 aliphatic heterocycles. The first-order chi connectivity index (χ1) is 29.5. The third-order valence-electron chi connectivity index (χ3n) is 13.9. The predicted octanol–water partition coefficient (Wildman–Crippen LogP) is 15.4. The van der Waals surface area contributed by atoms with Crippen LogP contribution in [-0.2, 0) is 10.8 Å². The fraction of sp³-hybridized carbons (Fsp3) is 0.0690. The molecule has 13 rings (SSSR count). The van der Waals surface area contributed by atoms with Crippen LogP contribution in [0.25, 0.3) is 66.4 Å². The van der Waals surface area contributed by atoms with Crippen LogP contribution in [0.1, 0.15) is 47.2 Å². The van der Waals surface area contributed by atoms with Crippen LogP contribution in [0, 0.1) is 0 Å². The van der Waals surface area contributed by atoms with Gasteiger partial charge in [-0.15, -0.1) is 0 Å². The molecule has 1 aromatic heterocycles. The van der Waals surface area contributed by atoms with Crippen molar-refractivity contribution in [3.8, 4) is 44.5 Å². The fourth-order valence-corrected chi connectivity index (χ4v) is 11.4. The van der Waals surface area contributed by atoms with Crippen molar-refractivity contribution < 1.29 is 4.42 Å². The molecule has 0 bridgehead atoms. The van der Waals surface area contributed by atoms with Crippen molar-refractivity contribution in [3.05, 3.63) is 234 Å². The molecule has 3 aliphatic rings. The zero-order valence-electron chi connectivity index (χ0n) is 33.4. The van der Waals surface area contributed by atoms with Gasteiger partial charge in [-0.25, -0.2) is 0 Å². The van der Waals surface area contributed by atoms with Crippen molar-refractivity contribution in [1.82, 2.24) is 0 Å². The summed E-state index contributed by atoms with van der Waals surface area (Å²) in [6.07, 6.45) is 0. The van der Waals surface area contributed by atoms with E-state index in [2.05, 4.69) is 219 Å². The van der Waals surface area contributed by atoms with Gasteiger partial charge in [0.15, 0.2) is 0 Å². The largest absolute Gasteiger partial charge is 0.456 e. The molecule has 10 aromatic rings. The number of rotatable bonds is 4. The summed E-state index contributed by atoms with van der Waals surface area (Å²) in [7, 11) is 0. The Labute approximate surface area is 349 Å². The normalized spacial score (nSPS) is 14.4. The Balaban J connectivity index is 1.11. The first-order valence-corrected chi connectivity index (χ1v) is 21.0. The van der Waals surface area contributed by atoms with E-state index in [4.69, 9.17) is 4.42 Å². The van der Waals surface area contributed by atoms with Crippen molar-refractivity contribution in [2.75, 3.05) is 4.90 Å². The molecule has 0 radical (unpaired) electrons. The van der Waals surface area contributed by atoms with Gasteiger partial charge in [0, 0.05) is 22.2 Å². The van der Waals surface area contributed by atoms with Crippen LogP contribution in [0.2, 0.25) is 0 Å². The number of para-hydroxylation sites is 1. The summed E-state index contributed by atoms with van der Waals surface area (Å²) in [5.74, 6) is 0. The van der Waals surface area contributed by atoms with E-state index in [0.717, 1.165) is 39.0 Å². The van der Waals surface area contributed by atoms with Crippen molar-refractivity contribution >= 4 is 39.0 Å². The Kier molecular flexibility index (Phi) is 6.74. The molecule has 0 fully saturated rings. The molecule has 3 aliphatic carbocycles. The smallest absolute Gasteiger partial charge is 0.137 e. The van der Waals surface area contributed by atoms with E-state index in [1.807, 2.05) is 0 Å². The van der Waals surface area contributed by atoms with Gasteiger partial charge in [-0.3, -0.25) is 0 Å². The Morgan fingerprint density at radius 3 is 1.67 bits per heavy atom. The summed E-state index contributed by atoms with van der Waals surface area (Å²) in [6.45, 7) is 4.74. The van der Waals surface area contributed by atoms with Gasteiger partial charge in [-0.2, -0.15) is 0 Å². The number of hydrogen-bond acceptors (Lipinski definition) is 2. The van der Waals surface area contributed by atoms with Crippen molar-refractivity contribution in [3.63, 3.8) is 0 Å². The highest BCUT2D eigenvalue weighted by Crippen LogP contribution is 2.63. The van der Waals surface area contributed by atoms with Crippen LogP contribution < -0.4 is 4.90 Å². The molecule has 0 saturated heterocycles. The van der Waals surface area contributed by atoms with Crippen molar-refractivity contribution in [2.45, 2.75) is 24.7 Å². The lowest BCUT2D eigenvalue weighted by Crippen LogP contribution is -2.26. The Morgan fingerprint density at radius 2 is 0.933 bits per heavy atom. The van der Waals surface area contributed by atoms with Gasteiger partial charge in [-0.05, 0) is 120 Å². The van der Waals surface area contributed by atoms with E-state index in [9.17, 15) is 0 Å². The summed E-state index contributed by atoms with van der Waals surface area (Å²) < 4.78 is 6.57. The number of hydrogen-bond donors (Lipinski definition) is 0. The zero-order valence-corrected chi connectivity index (χ0v) is 33.4. The van der Waals surface area contributed by atoms with Crippen molar-refractivity contribution in [1.29, 1.82) is 0 Å². The van der Waals surface area contributed by atoms with Crippen LogP contribution in [0.15, 0.2) is 205 Å². The second-order valence-corrected chi connectivity index (χ2v) is 17.1. The van der Waals surface area contributed by atoms with Gasteiger partial charge < -0.3 is 9.32 Å². The van der Waals surface area contributed by atoms with Gasteiger partial charge in [0.2, 0.25) is 0 Å². The highest BCUT2D eigenvalue weighted by Gasteiger charge is 2.51. The average molecular weight is 766 g/mol. The average Bonchev–Trinajstić information content (AvgIpc) is 3.99. The van der Waals surface area contributed by atoms with Gasteiger partial charge >= 0.3 is 0 Å². The lowest BCUT2D eigenvalue weighted by Gasteiger charge is -2.32. The standard InChI is InChI=1S/C58H39NO/c1-57(2)46-33-31-37(34-45(46)55-39(22-14-26-50(55)57)36-16-4-3-5-17-36)59(52-27-15-29-54-56(52)44-21-9-13-28-53(44)60-54)38-30-32-43-42-20-8-12-25-49(42)58(51(43)35-38)47-23-10-6-18-40(47)41-19-7-11-24-48(41)58/h3-35H,1-2H3. The molecule has 2 heteroatoms. The lowest BCUT2D eigenvalue weighted by molar-refractivity contribution is 0.660. The zero-order chi connectivity index (χ0) is 39.7. The molecule has 0 atom stereocenters. The highest BCUT2D eigenvalue weighted by atomic mass is 16.3. The Hall–Kier alpha value is -7.42. The molecule has 0 saturated carbocycles. The third kappa shape index (κ3) is 4.27. The summed E-state index contributed by atoms with van der Waals surface area (Å²) in [5, 5.41) is 2.21. The quantitative estimate of drug-likeness (QED) is 0.177. The van der Waals surface area contributed by atoms with Crippen LogP contribution in [-0.4, -0.2) is 0 Å². The summed E-state index contributed by atoms with van der Waals surface area (Å²) in [4.78, 5) is 2.49. The molecule has 2 nitrogen and oxygen atoms in total. The van der Waals surface area contributed by atoms with E-state index in [1.165, 1.54) is 77.9 Å². The fourth-order valence-electron chi connectivity index (χ4n) is 11.4. The molecule has 0 unspecified atom stereocenters. The molecular formula is C58H39NO. The molecule has 9 aromatic carbocycles. The summed E-state index contributed by atoms with van der Waals surface area (Å²) in [5.41, 5.74) is 22.8. The molecule has 1 spiro atoms. The number of fused-ring (bicyclic) bond motifs is 16. The maximum Gasteiger partial charge on any atom is 0.137 e. The van der Waals surface area contributed by atoms with E-state index in [0.29, 0.717) is 0 Å². The van der Waals surface area contributed by atoms with Crippen LogP contribution in [0.3, 0.4) is 0 Å². The molecule has 0 amide bonds. The van der Waals surface area contributed by atoms with Crippen molar-refractivity contribution in [2.24, 2.45) is 0 Å². The number of furan rings is 1. The number of benzene rings is 9. The number of nitrogens with zero attached hydrogens (tertiary/aromatic N) is 1. The summed E-state index contributed by atoms with van der Waals surface area (Å²) in [6, 6.07) is 74.2. The maximum absolute atomic E-state index is 6.57. The minimum Gasteiger partial charge on any atom is -0.456 e. The predicted molar refractivity (Wildman–Crippen MR) is 248 cm³/mol. The Bertz CT molecular complexity index is 3360. The van der Waals surface area contributed by atoms with E-state index < -0.39 is 5.41 Å². The molecule has 1 heterocycles. The van der Waals surface area contributed by atoms with Gasteiger partial charge in [0.05, 0.1) is 16.5 Å². The third-order valence-corrected chi connectivity index (χ3v) is 13.9. The van der Waals surface area contributed by atoms with E-state index >= 15 is 0 Å². The first-order valence-electron chi connectivity index (χ1n) is 21.0. The topological polar surface area (TPSA) is 16.4 Å². The van der Waals surface area contributed by atoms with Gasteiger partial charge in [-0.1, -0.05) is 172 Å². The second kappa shape index (κ2) is 12.1. The van der Waals surface area contributed by atoms with Gasteiger partial charge in [0.25, 0.3) is 0 Å². The van der Waals surface area contributed by atoms with E-state index in [1.54, 1.807) is 0 Å². The minimum atomic E-state index is -0.458. The molecule has 0 N–H and O–H groups in total. The highest BCUT2D eigenvalue weighted by molar-refractivity contribution is 6.13. The monoisotopic (exact) mass is 765 g/mol. The summed E-state index contributed by atoms with van der Waals surface area (Å²) >= 11 is 0. The lowest BCUT2D eigenvalue weighted by atomic mass is 9.70. The second-order valence-electron chi connectivity index (χ2n) is 17.1. The Morgan fingerprint density at radius 1 is 0.383 bits per heavy atom. The van der Waals surface area contributed by atoms with Crippen LogP contribution in [0.5, 0.6) is 0 Å². The maximum atomic E-state index is 6.57. The van der Waals surface area contributed by atoms with Gasteiger partial charge in [0.1, 0.15) is 11.2 Å². The minimum absolute atomic E-state index is 0.158. The number of anilines is 3. The molecule has 60 heavy (non-hydrogen) atoms.